The molecule has 1 aliphatic rings. The third-order valence-corrected chi connectivity index (χ3v) is 2.82. The van der Waals surface area contributed by atoms with Crippen molar-refractivity contribution in [1.29, 1.82) is 0 Å². The highest BCUT2D eigenvalue weighted by Crippen LogP contribution is 2.24. The first kappa shape index (κ1) is 13.5. The van der Waals surface area contributed by atoms with Crippen molar-refractivity contribution in [3.05, 3.63) is 24.3 Å². The number of hydrogen-bond acceptors (Lipinski definition) is 2. The number of hydrogen-bond donors (Lipinski definition) is 1. The van der Waals surface area contributed by atoms with Crippen molar-refractivity contribution in [2.75, 3.05) is 6.61 Å². The van der Waals surface area contributed by atoms with Gasteiger partial charge in [0.15, 0.2) is 0 Å². The molecule has 2 nitrogen and oxygen atoms in total. The lowest BCUT2D eigenvalue weighted by Gasteiger charge is -1.90. The van der Waals surface area contributed by atoms with Crippen LogP contribution in [0, 0.1) is 0 Å². The van der Waals surface area contributed by atoms with Crippen LogP contribution in [0.4, 0.5) is 0 Å². The molecule has 2 atom stereocenters. The van der Waals surface area contributed by atoms with Crippen LogP contribution in [0.5, 0.6) is 0 Å². The summed E-state index contributed by atoms with van der Waals surface area (Å²) in [6.07, 6.45) is 16.3. The predicted molar refractivity (Wildman–Crippen MR) is 67.4 cm³/mol. The predicted octanol–water partition coefficient (Wildman–Crippen LogP) is 3.22. The lowest BCUT2D eigenvalue weighted by molar-refractivity contribution is 0.242. The van der Waals surface area contributed by atoms with Gasteiger partial charge in [-0.3, -0.25) is 0 Å². The molecule has 0 bridgehead atoms. The molecule has 0 aromatic carbocycles. The van der Waals surface area contributed by atoms with Gasteiger partial charge >= 0.3 is 0 Å². The molecule has 1 N–H and O–H groups in total. The Labute approximate surface area is 99.0 Å². The zero-order valence-corrected chi connectivity index (χ0v) is 10.3. The van der Waals surface area contributed by atoms with Crippen LogP contribution in [0.3, 0.4) is 0 Å². The number of aliphatic hydroxyl groups excluding tert-OH is 1. The Morgan fingerprint density at radius 3 is 2.56 bits per heavy atom. The van der Waals surface area contributed by atoms with Gasteiger partial charge in [-0.2, -0.15) is 0 Å². The third kappa shape index (κ3) is 6.09. The van der Waals surface area contributed by atoms with Gasteiger partial charge in [-0.05, 0) is 25.7 Å². The molecule has 2 heteroatoms. The highest BCUT2D eigenvalue weighted by atomic mass is 16.6. The van der Waals surface area contributed by atoms with E-state index in [-0.39, 0.29) is 18.8 Å². The van der Waals surface area contributed by atoms with E-state index in [2.05, 4.69) is 31.2 Å². The Morgan fingerprint density at radius 2 is 1.88 bits per heavy atom. The second-order valence-electron chi connectivity index (χ2n) is 4.31. The smallest absolute Gasteiger partial charge is 0.107 e. The largest absolute Gasteiger partial charge is 0.394 e. The van der Waals surface area contributed by atoms with E-state index in [1.54, 1.807) is 0 Å². The van der Waals surface area contributed by atoms with Crippen molar-refractivity contribution in [2.45, 2.75) is 57.7 Å². The molecular weight excluding hydrogens is 200 g/mol. The number of epoxide rings is 1. The summed E-state index contributed by atoms with van der Waals surface area (Å²) in [5.74, 6) is 0. The van der Waals surface area contributed by atoms with E-state index >= 15 is 0 Å². The van der Waals surface area contributed by atoms with Crippen molar-refractivity contribution in [3.8, 4) is 0 Å². The van der Waals surface area contributed by atoms with Crippen LogP contribution in [0.15, 0.2) is 24.3 Å². The molecule has 16 heavy (non-hydrogen) atoms. The normalized spacial score (nSPS) is 24.6. The van der Waals surface area contributed by atoms with E-state index in [1.807, 2.05) is 0 Å². The maximum atomic E-state index is 8.76. The average molecular weight is 224 g/mol. The molecule has 0 aromatic heterocycles. The molecule has 0 unspecified atom stereocenters. The fraction of sp³-hybridized carbons (Fsp3) is 0.714. The summed E-state index contributed by atoms with van der Waals surface area (Å²) in [6, 6.07) is 0. The minimum absolute atomic E-state index is 0.106. The Kier molecular flexibility index (Phi) is 7.19. The summed E-state index contributed by atoms with van der Waals surface area (Å²) in [6.45, 7) is 2.39. The van der Waals surface area contributed by atoms with Gasteiger partial charge in [0.05, 0.1) is 12.7 Å². The second kappa shape index (κ2) is 8.54. The Hall–Kier alpha value is -0.600. The van der Waals surface area contributed by atoms with Gasteiger partial charge in [0.2, 0.25) is 0 Å². The molecule has 0 radical (unpaired) electrons. The summed E-state index contributed by atoms with van der Waals surface area (Å²) in [7, 11) is 0. The third-order valence-electron chi connectivity index (χ3n) is 2.82. The van der Waals surface area contributed by atoms with E-state index < -0.39 is 0 Å². The van der Waals surface area contributed by atoms with Crippen LogP contribution < -0.4 is 0 Å². The molecule has 0 amide bonds. The molecule has 92 valence electrons. The van der Waals surface area contributed by atoms with Gasteiger partial charge in [0.25, 0.3) is 0 Å². The first-order chi connectivity index (χ1) is 7.88. The molecule has 1 rings (SSSR count). The fourth-order valence-corrected chi connectivity index (χ4v) is 1.68. The minimum Gasteiger partial charge on any atom is -0.394 e. The first-order valence-electron chi connectivity index (χ1n) is 6.44. The van der Waals surface area contributed by atoms with Crippen LogP contribution in [-0.4, -0.2) is 23.9 Å². The number of unbranched alkanes of at least 4 members (excludes halogenated alkanes) is 3. The van der Waals surface area contributed by atoms with E-state index in [9.17, 15) is 0 Å². The highest BCUT2D eigenvalue weighted by Gasteiger charge is 2.36. The lowest BCUT2D eigenvalue weighted by atomic mass is 10.2. The number of ether oxygens (including phenoxy) is 1. The molecule has 1 heterocycles. The summed E-state index contributed by atoms with van der Waals surface area (Å²) in [5, 5.41) is 8.76. The van der Waals surface area contributed by atoms with E-state index in [0.29, 0.717) is 0 Å². The maximum absolute atomic E-state index is 8.76. The van der Waals surface area contributed by atoms with Gasteiger partial charge < -0.3 is 9.84 Å². The fourth-order valence-electron chi connectivity index (χ4n) is 1.68. The van der Waals surface area contributed by atoms with Gasteiger partial charge in [-0.15, -0.1) is 0 Å². The van der Waals surface area contributed by atoms with Crippen molar-refractivity contribution >= 4 is 0 Å². The monoisotopic (exact) mass is 224 g/mol. The highest BCUT2D eigenvalue weighted by molar-refractivity contribution is 4.97. The maximum Gasteiger partial charge on any atom is 0.107 e. The van der Waals surface area contributed by atoms with Crippen molar-refractivity contribution in [2.24, 2.45) is 0 Å². The van der Waals surface area contributed by atoms with Crippen LogP contribution in [0.25, 0.3) is 0 Å². The van der Waals surface area contributed by atoms with Crippen molar-refractivity contribution in [3.63, 3.8) is 0 Å². The van der Waals surface area contributed by atoms with Gasteiger partial charge in [-0.25, -0.2) is 0 Å². The first-order valence-corrected chi connectivity index (χ1v) is 6.44. The summed E-state index contributed by atoms with van der Waals surface area (Å²) in [5.41, 5.74) is 0. The molecule has 1 saturated heterocycles. The second-order valence-corrected chi connectivity index (χ2v) is 4.31. The molecule has 1 aliphatic heterocycles. The summed E-state index contributed by atoms with van der Waals surface area (Å²) in [4.78, 5) is 0. The molecule has 1 fully saturated rings. The molecule has 0 aromatic rings. The van der Waals surface area contributed by atoms with Gasteiger partial charge in [0, 0.05) is 0 Å². The number of aliphatic hydroxyl groups is 1. The van der Waals surface area contributed by atoms with Crippen molar-refractivity contribution in [1.82, 2.24) is 0 Å². The SMILES string of the molecule is CCCCC/C=C\C/C=C\C[C@@H]1O[C@@H]1CO. The Balaban J connectivity index is 1.88. The van der Waals surface area contributed by atoms with Gasteiger partial charge in [0.1, 0.15) is 6.10 Å². The van der Waals surface area contributed by atoms with Crippen LogP contribution >= 0.6 is 0 Å². The quantitative estimate of drug-likeness (QED) is 0.370. The number of allylic oxidation sites excluding steroid dienone is 3. The standard InChI is InChI=1S/C14H24O2/c1-2-3-4-5-6-7-8-9-10-11-13-14(12-15)16-13/h6-7,9-10,13-15H,2-5,8,11-12H2,1H3/b7-6-,10-9-/t13-,14+/m0/s1. The van der Waals surface area contributed by atoms with Gasteiger partial charge in [-0.1, -0.05) is 44.1 Å². The van der Waals surface area contributed by atoms with E-state index in [0.717, 1.165) is 12.8 Å². The van der Waals surface area contributed by atoms with Crippen LogP contribution in [-0.2, 0) is 4.74 Å². The molecular formula is C14H24O2. The molecule has 0 spiro atoms. The molecule has 0 aliphatic carbocycles. The van der Waals surface area contributed by atoms with E-state index in [4.69, 9.17) is 9.84 Å². The lowest BCUT2D eigenvalue weighted by Crippen LogP contribution is -1.97. The summed E-state index contributed by atoms with van der Waals surface area (Å²) >= 11 is 0. The van der Waals surface area contributed by atoms with Crippen molar-refractivity contribution < 1.29 is 9.84 Å². The van der Waals surface area contributed by atoms with Crippen LogP contribution in [0.2, 0.25) is 0 Å². The minimum atomic E-state index is 0.106. The topological polar surface area (TPSA) is 32.8 Å². The average Bonchev–Trinajstić information content (AvgIpc) is 3.05. The van der Waals surface area contributed by atoms with E-state index in [1.165, 1.54) is 25.7 Å². The zero-order valence-electron chi connectivity index (χ0n) is 10.3. The van der Waals surface area contributed by atoms with Crippen LogP contribution in [0.1, 0.15) is 45.4 Å². The summed E-state index contributed by atoms with van der Waals surface area (Å²) < 4.78 is 5.22. The zero-order chi connectivity index (χ0) is 11.6. The molecule has 0 saturated carbocycles. The number of rotatable bonds is 9. The Bertz CT molecular complexity index is 221. The Morgan fingerprint density at radius 1 is 1.06 bits per heavy atom.